The summed E-state index contributed by atoms with van der Waals surface area (Å²) in [7, 11) is 0. The van der Waals surface area contributed by atoms with E-state index in [2.05, 4.69) is 0 Å². The number of nitrogens with zero attached hydrogens (tertiary/aromatic N) is 1. The summed E-state index contributed by atoms with van der Waals surface area (Å²) in [6.45, 7) is 3.39. The Morgan fingerprint density at radius 2 is 1.73 bits per heavy atom. The van der Waals surface area contributed by atoms with Crippen molar-refractivity contribution < 1.29 is 19.9 Å². The van der Waals surface area contributed by atoms with Crippen molar-refractivity contribution in [2.45, 2.75) is 19.3 Å². The quantitative estimate of drug-likeness (QED) is 0.391. The third-order valence-corrected chi connectivity index (χ3v) is 3.59. The van der Waals surface area contributed by atoms with Crippen LogP contribution in [0, 0.1) is 10.1 Å². The summed E-state index contributed by atoms with van der Waals surface area (Å²) < 4.78 is 0. The molecule has 22 heavy (non-hydrogen) atoms. The zero-order valence-electron chi connectivity index (χ0n) is 12.1. The molecular weight excluding hydrogens is 286 g/mol. The zero-order valence-corrected chi connectivity index (χ0v) is 12.1. The predicted octanol–water partition coefficient (Wildman–Crippen LogP) is 3.17. The normalized spacial score (nSPS) is 11.2. The van der Waals surface area contributed by atoms with Crippen molar-refractivity contribution >= 4 is 11.5 Å². The third kappa shape index (κ3) is 2.63. The van der Waals surface area contributed by atoms with Crippen molar-refractivity contribution in [3.63, 3.8) is 0 Å². The summed E-state index contributed by atoms with van der Waals surface area (Å²) >= 11 is 0. The number of hydrogen-bond acceptors (Lipinski definition) is 5. The number of carbonyl (C=O) groups is 1. The number of Topliss-reactive ketones (excluding diaryl/α,β-unsaturated/α-hetero) is 1. The zero-order chi connectivity index (χ0) is 16.5. The van der Waals surface area contributed by atoms with E-state index in [1.165, 1.54) is 0 Å². The van der Waals surface area contributed by atoms with Crippen molar-refractivity contribution in [1.29, 1.82) is 0 Å². The molecule has 0 radical (unpaired) electrons. The van der Waals surface area contributed by atoms with Gasteiger partial charge in [-0.05, 0) is 25.5 Å². The summed E-state index contributed by atoms with van der Waals surface area (Å²) in [4.78, 5) is 22.7. The highest BCUT2D eigenvalue weighted by molar-refractivity contribution is 6.04. The molecule has 0 aliphatic rings. The van der Waals surface area contributed by atoms with Gasteiger partial charge in [-0.2, -0.15) is 0 Å². The largest absolute Gasteiger partial charge is 0.504 e. The van der Waals surface area contributed by atoms with E-state index in [9.17, 15) is 25.1 Å². The lowest BCUT2D eigenvalue weighted by molar-refractivity contribution is -0.386. The van der Waals surface area contributed by atoms with Crippen molar-refractivity contribution in [2.24, 2.45) is 0 Å². The second-order valence-electron chi connectivity index (χ2n) is 5.44. The van der Waals surface area contributed by atoms with E-state index >= 15 is 0 Å². The molecule has 6 nitrogen and oxygen atoms in total. The van der Waals surface area contributed by atoms with Gasteiger partial charge in [-0.15, -0.1) is 0 Å². The molecule has 0 heterocycles. The maximum absolute atomic E-state index is 12.7. The van der Waals surface area contributed by atoms with Gasteiger partial charge in [-0.1, -0.05) is 30.3 Å². The number of phenolic OH excluding ortho intramolecular Hbond substituents is 2. The highest BCUT2D eigenvalue weighted by Gasteiger charge is 2.32. The highest BCUT2D eigenvalue weighted by atomic mass is 16.6. The van der Waals surface area contributed by atoms with Crippen LogP contribution in [-0.4, -0.2) is 20.9 Å². The average Bonchev–Trinajstić information content (AvgIpc) is 2.49. The van der Waals surface area contributed by atoms with Crippen molar-refractivity contribution in [3.8, 4) is 11.5 Å². The van der Waals surface area contributed by atoms with Crippen LogP contribution in [0.2, 0.25) is 0 Å². The van der Waals surface area contributed by atoms with Gasteiger partial charge in [-0.25, -0.2) is 0 Å². The van der Waals surface area contributed by atoms with Gasteiger partial charge in [0.25, 0.3) is 0 Å². The Morgan fingerprint density at radius 3 is 2.27 bits per heavy atom. The Kier molecular flexibility index (Phi) is 3.86. The third-order valence-electron chi connectivity index (χ3n) is 3.59. The molecular formula is C16H15NO5. The van der Waals surface area contributed by atoms with E-state index in [1.807, 2.05) is 6.07 Å². The maximum atomic E-state index is 12.7. The van der Waals surface area contributed by atoms with Crippen molar-refractivity contribution in [2.75, 3.05) is 0 Å². The lowest BCUT2D eigenvalue weighted by Crippen LogP contribution is -2.29. The molecule has 114 valence electrons. The SMILES string of the molecule is CC(C)(C(=O)c1cc(O)c(O)c([N+](=O)[O-])c1)c1ccccc1. The van der Waals surface area contributed by atoms with Gasteiger partial charge in [0.1, 0.15) is 0 Å². The first-order valence-corrected chi connectivity index (χ1v) is 6.56. The van der Waals surface area contributed by atoms with Gasteiger partial charge in [0.05, 0.1) is 10.3 Å². The van der Waals surface area contributed by atoms with Crippen LogP contribution < -0.4 is 0 Å². The van der Waals surface area contributed by atoms with Crippen molar-refractivity contribution in [1.82, 2.24) is 0 Å². The highest BCUT2D eigenvalue weighted by Crippen LogP contribution is 2.38. The number of aromatic hydroxyl groups is 2. The van der Waals surface area contributed by atoms with E-state index in [0.717, 1.165) is 17.7 Å². The van der Waals surface area contributed by atoms with Gasteiger partial charge in [0.2, 0.25) is 5.75 Å². The smallest absolute Gasteiger partial charge is 0.315 e. The van der Waals surface area contributed by atoms with E-state index in [0.29, 0.717) is 0 Å². The van der Waals surface area contributed by atoms with Gasteiger partial charge in [0.15, 0.2) is 11.5 Å². The van der Waals surface area contributed by atoms with Crippen LogP contribution in [0.15, 0.2) is 42.5 Å². The number of rotatable bonds is 4. The van der Waals surface area contributed by atoms with Crippen LogP contribution in [0.1, 0.15) is 29.8 Å². The second-order valence-corrected chi connectivity index (χ2v) is 5.44. The first kappa shape index (κ1) is 15.5. The molecule has 0 aliphatic heterocycles. The number of carbonyl (C=O) groups excluding carboxylic acids is 1. The molecule has 0 amide bonds. The van der Waals surface area contributed by atoms with Crippen LogP contribution >= 0.6 is 0 Å². The number of nitro benzene ring substituents is 1. The van der Waals surface area contributed by atoms with Crippen LogP contribution in [0.25, 0.3) is 0 Å². The molecule has 0 spiro atoms. The van der Waals surface area contributed by atoms with E-state index < -0.39 is 33.3 Å². The lowest BCUT2D eigenvalue weighted by atomic mass is 9.78. The molecule has 0 saturated carbocycles. The van der Waals surface area contributed by atoms with Crippen LogP contribution in [0.3, 0.4) is 0 Å². The van der Waals surface area contributed by atoms with Gasteiger partial charge in [-0.3, -0.25) is 14.9 Å². The predicted molar refractivity (Wildman–Crippen MR) is 80.2 cm³/mol. The number of phenols is 2. The van der Waals surface area contributed by atoms with Crippen LogP contribution in [0.5, 0.6) is 11.5 Å². The molecule has 0 fully saturated rings. The fraction of sp³-hybridized carbons (Fsp3) is 0.188. The number of ketones is 1. The van der Waals surface area contributed by atoms with Gasteiger partial charge < -0.3 is 10.2 Å². The monoisotopic (exact) mass is 301 g/mol. The molecule has 0 saturated heterocycles. The minimum absolute atomic E-state index is 0.0316. The topological polar surface area (TPSA) is 101 Å². The van der Waals surface area contributed by atoms with Crippen LogP contribution in [0.4, 0.5) is 5.69 Å². The molecule has 2 rings (SSSR count). The molecule has 0 aromatic heterocycles. The fourth-order valence-corrected chi connectivity index (χ4v) is 2.22. The molecule has 2 aromatic carbocycles. The molecule has 0 unspecified atom stereocenters. The minimum Gasteiger partial charge on any atom is -0.504 e. The van der Waals surface area contributed by atoms with Crippen molar-refractivity contribution in [3.05, 3.63) is 63.7 Å². The Bertz CT molecular complexity index is 738. The number of benzene rings is 2. The molecule has 2 N–H and O–H groups in total. The van der Waals surface area contributed by atoms with Crippen LogP contribution in [-0.2, 0) is 5.41 Å². The maximum Gasteiger partial charge on any atom is 0.315 e. The van der Waals surface area contributed by atoms with Gasteiger partial charge in [0, 0.05) is 11.6 Å². The number of hydrogen-bond donors (Lipinski definition) is 2. The Morgan fingerprint density at radius 1 is 1.14 bits per heavy atom. The first-order chi connectivity index (χ1) is 10.2. The Labute approximate surface area is 126 Å². The summed E-state index contributed by atoms with van der Waals surface area (Å²) in [5.74, 6) is -1.93. The Hall–Kier alpha value is -2.89. The molecule has 0 aliphatic carbocycles. The first-order valence-electron chi connectivity index (χ1n) is 6.56. The Balaban J connectivity index is 2.52. The summed E-state index contributed by atoms with van der Waals surface area (Å²) in [6.07, 6.45) is 0. The summed E-state index contributed by atoms with van der Waals surface area (Å²) in [6, 6.07) is 11.0. The average molecular weight is 301 g/mol. The molecule has 2 aromatic rings. The second kappa shape index (κ2) is 5.48. The van der Waals surface area contributed by atoms with E-state index in [-0.39, 0.29) is 5.56 Å². The minimum atomic E-state index is -0.932. The fourth-order valence-electron chi connectivity index (χ4n) is 2.22. The lowest BCUT2D eigenvalue weighted by Gasteiger charge is -2.23. The number of nitro groups is 1. The molecule has 6 heteroatoms. The van der Waals surface area contributed by atoms with Gasteiger partial charge >= 0.3 is 5.69 Å². The summed E-state index contributed by atoms with van der Waals surface area (Å²) in [5.41, 5.74) is -0.920. The molecule has 0 atom stereocenters. The van der Waals surface area contributed by atoms with E-state index in [1.54, 1.807) is 38.1 Å². The summed E-state index contributed by atoms with van der Waals surface area (Å²) in [5, 5.41) is 30.0. The van der Waals surface area contributed by atoms with E-state index in [4.69, 9.17) is 0 Å². The standard InChI is InChI=1S/C16H15NO5/c1-16(2,11-6-4-3-5-7-11)15(20)10-8-12(17(21)22)14(19)13(18)9-10/h3-9,18-19H,1-2H3. The molecule has 0 bridgehead atoms.